The van der Waals surface area contributed by atoms with E-state index in [1.807, 2.05) is 0 Å². The summed E-state index contributed by atoms with van der Waals surface area (Å²) in [5, 5.41) is 11.3. The Balaban J connectivity index is 1.49. The number of nitro benzene ring substituents is 1. The van der Waals surface area contributed by atoms with Crippen LogP contribution in [-0.4, -0.2) is 32.0 Å². The van der Waals surface area contributed by atoms with E-state index >= 15 is 0 Å². The summed E-state index contributed by atoms with van der Waals surface area (Å²) in [5.41, 5.74) is 4.86. The molecule has 0 saturated carbocycles. The van der Waals surface area contributed by atoms with Crippen LogP contribution < -0.4 is 16.4 Å². The van der Waals surface area contributed by atoms with Gasteiger partial charge in [0.15, 0.2) is 5.16 Å². The molecule has 3 aromatic carbocycles. The maximum Gasteiger partial charge on any atom is 0.269 e. The third-order valence-corrected chi connectivity index (χ3v) is 5.76. The fourth-order valence-electron chi connectivity index (χ4n) is 3.13. The fraction of sp³-hybridized carbons (Fsp3) is 0.0435. The second kappa shape index (κ2) is 10.1. The molecular formula is C23H16FN5O5S. The van der Waals surface area contributed by atoms with Crippen LogP contribution in [0.5, 0.6) is 0 Å². The second-order valence-corrected chi connectivity index (χ2v) is 8.07. The monoisotopic (exact) mass is 493 g/mol. The van der Waals surface area contributed by atoms with Crippen LogP contribution in [0.25, 0.3) is 16.6 Å². The van der Waals surface area contributed by atoms with Gasteiger partial charge in [-0.15, -0.1) is 0 Å². The first-order valence-corrected chi connectivity index (χ1v) is 11.1. The maximum atomic E-state index is 13.4. The lowest BCUT2D eigenvalue weighted by Gasteiger charge is -2.13. The number of hydrazine groups is 1. The van der Waals surface area contributed by atoms with Gasteiger partial charge in [0.25, 0.3) is 17.2 Å². The van der Waals surface area contributed by atoms with Gasteiger partial charge in [0, 0.05) is 17.7 Å². The molecule has 0 unspecified atom stereocenters. The fourth-order valence-corrected chi connectivity index (χ4v) is 3.94. The summed E-state index contributed by atoms with van der Waals surface area (Å²) in [6.45, 7) is 0. The minimum absolute atomic E-state index is 0.116. The number of amides is 2. The second-order valence-electron chi connectivity index (χ2n) is 7.12. The number of non-ortho nitro benzene ring substituents is 1. The van der Waals surface area contributed by atoms with Gasteiger partial charge in [-0.2, -0.15) is 0 Å². The molecule has 0 fully saturated rings. The first-order valence-electron chi connectivity index (χ1n) is 10.1. The molecule has 0 aliphatic rings. The molecule has 0 atom stereocenters. The molecule has 0 aliphatic carbocycles. The number of fused-ring (bicyclic) bond motifs is 1. The first-order chi connectivity index (χ1) is 16.8. The lowest BCUT2D eigenvalue weighted by molar-refractivity contribution is -0.384. The highest BCUT2D eigenvalue weighted by atomic mass is 32.2. The average molecular weight is 493 g/mol. The zero-order chi connectivity index (χ0) is 24.9. The van der Waals surface area contributed by atoms with Crippen molar-refractivity contribution in [1.82, 2.24) is 20.4 Å². The third kappa shape index (κ3) is 5.33. The Bertz CT molecular complexity index is 1490. The van der Waals surface area contributed by atoms with Gasteiger partial charge in [-0.25, -0.2) is 9.37 Å². The van der Waals surface area contributed by atoms with Crippen molar-refractivity contribution in [2.24, 2.45) is 0 Å². The van der Waals surface area contributed by atoms with E-state index in [0.717, 1.165) is 11.8 Å². The van der Waals surface area contributed by atoms with Crippen LogP contribution in [0.4, 0.5) is 10.1 Å². The Morgan fingerprint density at radius 2 is 1.69 bits per heavy atom. The van der Waals surface area contributed by atoms with E-state index < -0.39 is 22.6 Å². The van der Waals surface area contributed by atoms with Crippen molar-refractivity contribution in [3.8, 4) is 5.69 Å². The van der Waals surface area contributed by atoms with Gasteiger partial charge in [0.1, 0.15) is 5.82 Å². The minimum Gasteiger partial charge on any atom is -0.272 e. The van der Waals surface area contributed by atoms with Crippen molar-refractivity contribution in [2.75, 3.05) is 5.75 Å². The van der Waals surface area contributed by atoms with Gasteiger partial charge in [0.2, 0.25) is 5.91 Å². The van der Waals surface area contributed by atoms with Crippen molar-refractivity contribution in [2.45, 2.75) is 5.16 Å². The van der Waals surface area contributed by atoms with Crippen LogP contribution in [-0.2, 0) is 4.79 Å². The summed E-state index contributed by atoms with van der Waals surface area (Å²) in [4.78, 5) is 52.2. The van der Waals surface area contributed by atoms with Crippen LogP contribution in [0.3, 0.4) is 0 Å². The highest BCUT2D eigenvalue weighted by Crippen LogP contribution is 2.21. The van der Waals surface area contributed by atoms with E-state index in [1.54, 1.807) is 24.3 Å². The molecule has 35 heavy (non-hydrogen) atoms. The van der Waals surface area contributed by atoms with Gasteiger partial charge in [-0.1, -0.05) is 23.9 Å². The number of para-hydroxylation sites is 1. The van der Waals surface area contributed by atoms with Crippen LogP contribution in [0.2, 0.25) is 0 Å². The van der Waals surface area contributed by atoms with Crippen LogP contribution in [0, 0.1) is 15.9 Å². The van der Waals surface area contributed by atoms with Crippen LogP contribution in [0.15, 0.2) is 82.7 Å². The number of nitrogens with one attached hydrogen (secondary N) is 2. The number of benzene rings is 3. The number of hydrogen-bond acceptors (Lipinski definition) is 7. The summed E-state index contributed by atoms with van der Waals surface area (Å²) in [6, 6.07) is 16.9. The van der Waals surface area contributed by atoms with E-state index in [4.69, 9.17) is 0 Å². The van der Waals surface area contributed by atoms with Crippen molar-refractivity contribution in [3.63, 3.8) is 0 Å². The summed E-state index contributed by atoms with van der Waals surface area (Å²) in [5.74, 6) is -1.91. The Morgan fingerprint density at radius 3 is 2.37 bits per heavy atom. The Labute approximate surface area is 200 Å². The van der Waals surface area contributed by atoms with Crippen LogP contribution >= 0.6 is 11.8 Å². The highest BCUT2D eigenvalue weighted by molar-refractivity contribution is 7.99. The maximum absolute atomic E-state index is 13.4. The molecule has 1 aromatic heterocycles. The Kier molecular flexibility index (Phi) is 6.83. The number of aromatic nitrogens is 2. The van der Waals surface area contributed by atoms with Crippen LogP contribution in [0.1, 0.15) is 10.4 Å². The largest absolute Gasteiger partial charge is 0.272 e. The van der Waals surface area contributed by atoms with Gasteiger partial charge in [0.05, 0.1) is 27.3 Å². The number of thioether (sulfide) groups is 1. The number of halogens is 1. The topological polar surface area (TPSA) is 136 Å². The molecule has 1 heterocycles. The third-order valence-electron chi connectivity index (χ3n) is 4.82. The van der Waals surface area contributed by atoms with Gasteiger partial charge in [-0.05, 0) is 48.5 Å². The number of nitro groups is 1. The van der Waals surface area contributed by atoms with Crippen molar-refractivity contribution in [3.05, 3.63) is 105 Å². The summed E-state index contributed by atoms with van der Waals surface area (Å²) in [6.07, 6.45) is 0. The lowest BCUT2D eigenvalue weighted by Crippen LogP contribution is -2.42. The van der Waals surface area contributed by atoms with Crippen molar-refractivity contribution >= 4 is 40.2 Å². The summed E-state index contributed by atoms with van der Waals surface area (Å²) < 4.78 is 14.7. The molecular weight excluding hydrogens is 477 g/mol. The number of nitrogens with zero attached hydrogens (tertiary/aromatic N) is 3. The smallest absolute Gasteiger partial charge is 0.269 e. The molecule has 4 aromatic rings. The predicted molar refractivity (Wildman–Crippen MR) is 127 cm³/mol. The molecule has 0 bridgehead atoms. The first kappa shape index (κ1) is 23.6. The Morgan fingerprint density at radius 1 is 1.00 bits per heavy atom. The standard InChI is InChI=1S/C23H16FN5O5S/c24-15-7-11-16(12-8-15)28-22(32)18-3-1-2-4-19(18)25-23(28)35-13-20(30)26-27-21(31)14-5-9-17(10-6-14)29(33)34/h1-12H,13H2,(H,26,30)(H,27,31). The van der Waals surface area contributed by atoms with Gasteiger partial charge < -0.3 is 0 Å². The van der Waals surface area contributed by atoms with Crippen molar-refractivity contribution < 1.29 is 18.9 Å². The number of hydrogen-bond donors (Lipinski definition) is 2. The molecule has 0 radical (unpaired) electrons. The van der Waals surface area contributed by atoms with Crippen molar-refractivity contribution in [1.29, 1.82) is 0 Å². The molecule has 2 amide bonds. The predicted octanol–water partition coefficient (Wildman–Crippen LogP) is 2.99. The van der Waals surface area contributed by atoms with E-state index in [2.05, 4.69) is 15.8 Å². The van der Waals surface area contributed by atoms with E-state index in [9.17, 15) is 28.9 Å². The molecule has 2 N–H and O–H groups in total. The summed E-state index contributed by atoms with van der Waals surface area (Å²) >= 11 is 0.956. The van der Waals surface area contributed by atoms with Gasteiger partial charge in [-0.3, -0.25) is 39.9 Å². The SMILES string of the molecule is O=C(CSc1nc2ccccc2c(=O)n1-c1ccc(F)cc1)NNC(=O)c1ccc([N+](=O)[O-])cc1. The zero-order valence-electron chi connectivity index (χ0n) is 17.8. The molecule has 10 nitrogen and oxygen atoms in total. The number of carbonyl (C=O) groups is 2. The summed E-state index contributed by atoms with van der Waals surface area (Å²) in [7, 11) is 0. The molecule has 12 heteroatoms. The highest BCUT2D eigenvalue weighted by Gasteiger charge is 2.16. The number of carbonyl (C=O) groups excluding carboxylic acids is 2. The quantitative estimate of drug-likeness (QED) is 0.182. The zero-order valence-corrected chi connectivity index (χ0v) is 18.6. The lowest BCUT2D eigenvalue weighted by atomic mass is 10.2. The average Bonchev–Trinajstić information content (AvgIpc) is 2.87. The Hall–Kier alpha value is -4.58. The van der Waals surface area contributed by atoms with E-state index in [0.29, 0.717) is 16.6 Å². The minimum atomic E-state index is -0.662. The molecule has 176 valence electrons. The molecule has 4 rings (SSSR count). The molecule has 0 spiro atoms. The molecule has 0 saturated heterocycles. The number of rotatable bonds is 6. The van der Waals surface area contributed by atoms with E-state index in [1.165, 1.54) is 53.1 Å². The van der Waals surface area contributed by atoms with Gasteiger partial charge >= 0.3 is 0 Å². The molecule has 0 aliphatic heterocycles. The normalized spacial score (nSPS) is 10.7. The van der Waals surface area contributed by atoms with E-state index in [-0.39, 0.29) is 27.7 Å².